The molecule has 0 aliphatic heterocycles. The maximum atomic E-state index is 11.9. The average molecular weight is 665 g/mol. The lowest BCUT2D eigenvalue weighted by molar-refractivity contribution is -0.138. The minimum atomic E-state index is -3.86. The van der Waals surface area contributed by atoms with Crippen LogP contribution in [0.3, 0.4) is 0 Å². The number of carbonyl (C=O) groups is 1. The van der Waals surface area contributed by atoms with Crippen molar-refractivity contribution in [3.05, 3.63) is 0 Å². The monoisotopic (exact) mass is 665 g/mol. The first-order valence-electron chi connectivity index (χ1n) is 18.3. The average Bonchev–Trinajstić information content (AvgIpc) is 3.00. The molecule has 11 heteroatoms. The lowest BCUT2D eigenvalue weighted by Crippen LogP contribution is -2.30. The Morgan fingerprint density at radius 3 is 1.22 bits per heavy atom. The van der Waals surface area contributed by atoms with E-state index in [2.05, 4.69) is 18.8 Å². The standard InChI is InChI=1S/C28H59O4P.C6H14N4O2/c1-3-5-7-9-11-13-15-17-19-21-23-25-27-31-33(29,30)32-28-26-24-22-20-18-16-14-12-10-8-6-4-2;7-4(5(11)12)2-1-3-10-6(8)9/h3-28H2,1-2H3,(H,29,30);4H,1-3,7H2,(H,11,12)(H4,8,9,10)/t;4-/m.0/s1. The Balaban J connectivity index is 0. The van der Waals surface area contributed by atoms with Gasteiger partial charge in [0.2, 0.25) is 0 Å². The molecule has 0 rings (SSSR count). The number of nitrogens with zero attached hydrogens (tertiary/aromatic N) is 1. The van der Waals surface area contributed by atoms with E-state index in [-0.39, 0.29) is 5.96 Å². The number of hydrogen-bond donors (Lipinski definition) is 5. The minimum absolute atomic E-state index is 0.0129. The molecule has 45 heavy (non-hydrogen) atoms. The zero-order valence-corrected chi connectivity index (χ0v) is 30.1. The number of rotatable bonds is 33. The quantitative estimate of drug-likeness (QED) is 0.0198. The van der Waals surface area contributed by atoms with Crippen molar-refractivity contribution in [3.8, 4) is 0 Å². The van der Waals surface area contributed by atoms with Crippen molar-refractivity contribution in [2.45, 2.75) is 187 Å². The maximum absolute atomic E-state index is 11.9. The number of carboxylic acids is 1. The number of phosphoric acid groups is 1. The van der Waals surface area contributed by atoms with Gasteiger partial charge in [-0.15, -0.1) is 0 Å². The summed E-state index contributed by atoms with van der Waals surface area (Å²) < 4.78 is 22.2. The molecule has 0 spiro atoms. The number of guanidine groups is 1. The van der Waals surface area contributed by atoms with Gasteiger partial charge >= 0.3 is 13.8 Å². The Bertz CT molecular complexity index is 676. The zero-order chi connectivity index (χ0) is 33.9. The highest BCUT2D eigenvalue weighted by atomic mass is 31.2. The van der Waals surface area contributed by atoms with Crippen LogP contribution in [0.4, 0.5) is 0 Å². The van der Waals surface area contributed by atoms with Gasteiger partial charge < -0.3 is 27.2 Å². The molecule has 0 aromatic heterocycles. The van der Waals surface area contributed by atoms with Gasteiger partial charge in [-0.3, -0.25) is 18.8 Å². The second kappa shape index (κ2) is 35.7. The van der Waals surface area contributed by atoms with E-state index in [1.54, 1.807) is 0 Å². The van der Waals surface area contributed by atoms with Gasteiger partial charge in [-0.25, -0.2) is 4.57 Å². The fourth-order valence-electron chi connectivity index (χ4n) is 4.93. The summed E-state index contributed by atoms with van der Waals surface area (Å²) in [7, 11) is -3.86. The number of carboxylic acid groups (broad SMARTS) is 1. The van der Waals surface area contributed by atoms with Crippen molar-refractivity contribution < 1.29 is 28.4 Å². The molecule has 0 amide bonds. The smallest absolute Gasteiger partial charge is 0.472 e. The van der Waals surface area contributed by atoms with E-state index in [1.165, 1.54) is 128 Å². The van der Waals surface area contributed by atoms with Crippen LogP contribution < -0.4 is 17.2 Å². The van der Waals surface area contributed by atoms with E-state index in [0.717, 1.165) is 25.7 Å². The van der Waals surface area contributed by atoms with Crippen LogP contribution in [0.2, 0.25) is 0 Å². The third kappa shape index (κ3) is 40.8. The lowest BCUT2D eigenvalue weighted by Gasteiger charge is -2.12. The van der Waals surface area contributed by atoms with E-state index in [9.17, 15) is 14.3 Å². The molecule has 0 unspecified atom stereocenters. The highest BCUT2D eigenvalue weighted by molar-refractivity contribution is 7.47. The van der Waals surface area contributed by atoms with Gasteiger partial charge in [0.15, 0.2) is 5.96 Å². The van der Waals surface area contributed by atoms with Crippen LogP contribution in [0, 0.1) is 0 Å². The van der Waals surface area contributed by atoms with Gasteiger partial charge in [-0.05, 0) is 25.7 Å². The molecule has 0 aliphatic carbocycles. The SMILES string of the molecule is CCCCCCCCCCCCCCOP(=O)(O)OCCCCCCCCCCCCCC.NC(N)=NCCC[C@H](N)C(=O)O. The summed E-state index contributed by atoms with van der Waals surface area (Å²) in [4.78, 5) is 23.7. The third-order valence-corrected chi connectivity index (χ3v) is 8.81. The summed E-state index contributed by atoms with van der Waals surface area (Å²) in [5, 5.41) is 8.38. The van der Waals surface area contributed by atoms with E-state index in [4.69, 9.17) is 31.4 Å². The van der Waals surface area contributed by atoms with Crippen molar-refractivity contribution in [1.29, 1.82) is 0 Å². The molecule has 0 heterocycles. The Kier molecular flexibility index (Phi) is 36.4. The van der Waals surface area contributed by atoms with Crippen LogP contribution in [0.1, 0.15) is 181 Å². The predicted molar refractivity (Wildman–Crippen MR) is 189 cm³/mol. The molecule has 0 aliphatic rings. The van der Waals surface area contributed by atoms with E-state index in [0.29, 0.717) is 32.6 Å². The second-order valence-corrected chi connectivity index (χ2v) is 13.8. The van der Waals surface area contributed by atoms with Gasteiger partial charge in [-0.2, -0.15) is 0 Å². The summed E-state index contributed by atoms with van der Waals surface area (Å²) in [5.74, 6) is -0.987. The molecule has 8 N–H and O–H groups in total. The molecule has 0 aromatic carbocycles. The van der Waals surface area contributed by atoms with E-state index >= 15 is 0 Å². The van der Waals surface area contributed by atoms with Crippen molar-refractivity contribution in [2.24, 2.45) is 22.2 Å². The Morgan fingerprint density at radius 2 is 0.933 bits per heavy atom. The Morgan fingerprint density at radius 1 is 0.622 bits per heavy atom. The van der Waals surface area contributed by atoms with Gasteiger partial charge in [0, 0.05) is 6.54 Å². The highest BCUT2D eigenvalue weighted by Gasteiger charge is 2.19. The van der Waals surface area contributed by atoms with Crippen LogP contribution in [-0.4, -0.2) is 47.7 Å². The number of aliphatic carboxylic acids is 1. The minimum Gasteiger partial charge on any atom is -0.480 e. The molecular weight excluding hydrogens is 591 g/mol. The van der Waals surface area contributed by atoms with Crippen molar-refractivity contribution in [2.75, 3.05) is 19.8 Å². The highest BCUT2D eigenvalue weighted by Crippen LogP contribution is 2.43. The maximum Gasteiger partial charge on any atom is 0.472 e. The third-order valence-electron chi connectivity index (χ3n) is 7.79. The fraction of sp³-hybridized carbons (Fsp3) is 0.941. The van der Waals surface area contributed by atoms with Gasteiger partial charge in [-0.1, -0.05) is 155 Å². The van der Waals surface area contributed by atoms with Crippen LogP contribution in [0.25, 0.3) is 0 Å². The largest absolute Gasteiger partial charge is 0.480 e. The molecule has 0 radical (unpaired) electrons. The normalized spacial score (nSPS) is 12.0. The molecule has 0 saturated heterocycles. The summed E-state index contributed by atoms with van der Waals surface area (Å²) in [6.07, 6.45) is 31.5. The number of phosphoric ester groups is 1. The van der Waals surface area contributed by atoms with Gasteiger partial charge in [0.1, 0.15) is 6.04 Å². The first kappa shape index (κ1) is 45.9. The van der Waals surface area contributed by atoms with Crippen LogP contribution in [0.15, 0.2) is 4.99 Å². The van der Waals surface area contributed by atoms with Crippen molar-refractivity contribution in [1.82, 2.24) is 0 Å². The molecule has 0 aromatic rings. The predicted octanol–water partition coefficient (Wildman–Crippen LogP) is 8.97. The van der Waals surface area contributed by atoms with Crippen molar-refractivity contribution in [3.63, 3.8) is 0 Å². The number of aliphatic imine (C=N–C) groups is 1. The number of nitrogens with two attached hydrogens (primary N) is 3. The van der Waals surface area contributed by atoms with Crippen LogP contribution in [0.5, 0.6) is 0 Å². The molecule has 0 bridgehead atoms. The Hall–Kier alpha value is -1.19. The van der Waals surface area contributed by atoms with Gasteiger partial charge in [0.25, 0.3) is 0 Å². The summed E-state index contributed by atoms with van der Waals surface area (Å²) in [5.41, 5.74) is 15.3. The molecule has 270 valence electrons. The Labute approximate surface area is 276 Å². The number of hydrogen-bond acceptors (Lipinski definition) is 6. The number of unbranched alkanes of at least 4 members (excludes halogenated alkanes) is 22. The molecule has 0 saturated carbocycles. The summed E-state index contributed by atoms with van der Waals surface area (Å²) in [6, 6.07) is -0.820. The van der Waals surface area contributed by atoms with Crippen LogP contribution >= 0.6 is 7.82 Å². The topological polar surface area (TPSA) is 183 Å². The van der Waals surface area contributed by atoms with E-state index < -0.39 is 19.8 Å². The summed E-state index contributed by atoms with van der Waals surface area (Å²) >= 11 is 0. The van der Waals surface area contributed by atoms with Crippen LogP contribution in [-0.2, 0) is 18.4 Å². The molecule has 10 nitrogen and oxygen atoms in total. The first-order chi connectivity index (χ1) is 21.7. The molecule has 0 fully saturated rings. The fourth-order valence-corrected chi connectivity index (χ4v) is 5.72. The molecule has 1 atom stereocenters. The second-order valence-electron chi connectivity index (χ2n) is 12.3. The summed E-state index contributed by atoms with van der Waals surface area (Å²) in [6.45, 7) is 5.59. The molecular formula is C34H73N4O6P. The van der Waals surface area contributed by atoms with E-state index in [1.807, 2.05) is 0 Å². The first-order valence-corrected chi connectivity index (χ1v) is 19.8. The lowest BCUT2D eigenvalue weighted by atomic mass is 10.1. The van der Waals surface area contributed by atoms with Crippen molar-refractivity contribution >= 4 is 19.8 Å². The zero-order valence-electron chi connectivity index (χ0n) is 29.2. The van der Waals surface area contributed by atoms with Gasteiger partial charge in [0.05, 0.1) is 13.2 Å².